The molecule has 1 rings (SSSR count). The van der Waals surface area contributed by atoms with Crippen molar-refractivity contribution in [2.75, 3.05) is 0 Å². The van der Waals surface area contributed by atoms with Crippen molar-refractivity contribution in [3.8, 4) is 0 Å². The van der Waals surface area contributed by atoms with Crippen molar-refractivity contribution in [3.05, 3.63) is 30.3 Å². The number of aliphatic hydroxyl groups is 2. The molecule has 18 heavy (non-hydrogen) atoms. The van der Waals surface area contributed by atoms with E-state index in [9.17, 15) is 27.4 Å². The first-order chi connectivity index (χ1) is 8.18. The number of sulfone groups is 1. The van der Waals surface area contributed by atoms with Crippen LogP contribution in [0.4, 0.5) is 8.78 Å². The molecule has 0 fully saturated rings. The third kappa shape index (κ3) is 3.24. The standard InChI is InChI=1S/C11H14F2O4S/c1-11(15,10(12)13)7-9(14)18(16,17)8-5-3-2-4-6-8/h2-6,9-10,14-15H,7H2,1H3. The van der Waals surface area contributed by atoms with Gasteiger partial charge in [0.15, 0.2) is 5.44 Å². The fourth-order valence-electron chi connectivity index (χ4n) is 1.32. The number of hydrogen-bond donors (Lipinski definition) is 2. The van der Waals surface area contributed by atoms with E-state index in [2.05, 4.69) is 0 Å². The summed E-state index contributed by atoms with van der Waals surface area (Å²) in [5.74, 6) is 0. The molecule has 0 aliphatic heterocycles. The van der Waals surface area contributed by atoms with E-state index < -0.39 is 33.7 Å². The fraction of sp³-hybridized carbons (Fsp3) is 0.455. The number of hydrogen-bond acceptors (Lipinski definition) is 4. The SMILES string of the molecule is CC(O)(CC(O)S(=O)(=O)c1ccccc1)C(F)F. The molecular formula is C11H14F2O4S. The highest BCUT2D eigenvalue weighted by Crippen LogP contribution is 2.25. The minimum absolute atomic E-state index is 0.178. The van der Waals surface area contributed by atoms with Gasteiger partial charge < -0.3 is 10.2 Å². The first kappa shape index (κ1) is 15.0. The van der Waals surface area contributed by atoms with Crippen LogP contribution in [-0.2, 0) is 9.84 Å². The minimum Gasteiger partial charge on any atom is -0.384 e. The van der Waals surface area contributed by atoms with Crippen molar-refractivity contribution in [2.24, 2.45) is 0 Å². The molecule has 1 aromatic rings. The molecule has 0 bridgehead atoms. The van der Waals surface area contributed by atoms with Gasteiger partial charge in [0, 0.05) is 6.42 Å². The molecule has 7 heteroatoms. The van der Waals surface area contributed by atoms with Crippen LogP contribution in [-0.4, -0.2) is 36.1 Å². The smallest absolute Gasteiger partial charge is 0.266 e. The van der Waals surface area contributed by atoms with Gasteiger partial charge in [-0.1, -0.05) is 18.2 Å². The topological polar surface area (TPSA) is 74.6 Å². The van der Waals surface area contributed by atoms with Crippen molar-refractivity contribution in [3.63, 3.8) is 0 Å². The van der Waals surface area contributed by atoms with E-state index >= 15 is 0 Å². The van der Waals surface area contributed by atoms with Crippen molar-refractivity contribution in [1.82, 2.24) is 0 Å². The molecule has 0 radical (unpaired) electrons. The maximum atomic E-state index is 12.4. The fourth-order valence-corrected chi connectivity index (χ4v) is 2.73. The molecule has 0 heterocycles. The van der Waals surface area contributed by atoms with Crippen LogP contribution in [0.3, 0.4) is 0 Å². The van der Waals surface area contributed by atoms with Gasteiger partial charge in [0.25, 0.3) is 6.43 Å². The number of rotatable bonds is 5. The summed E-state index contributed by atoms with van der Waals surface area (Å²) in [4.78, 5) is -0.178. The predicted octanol–water partition coefficient (Wildman–Crippen LogP) is 1.18. The van der Waals surface area contributed by atoms with E-state index in [-0.39, 0.29) is 4.90 Å². The lowest BCUT2D eigenvalue weighted by Crippen LogP contribution is -2.39. The molecule has 1 aromatic carbocycles. The summed E-state index contributed by atoms with van der Waals surface area (Å²) in [6.07, 6.45) is -4.10. The zero-order valence-corrected chi connectivity index (χ0v) is 10.4. The van der Waals surface area contributed by atoms with Gasteiger partial charge in [-0.2, -0.15) is 0 Å². The van der Waals surface area contributed by atoms with Crippen LogP contribution < -0.4 is 0 Å². The van der Waals surface area contributed by atoms with Crippen LogP contribution in [0.5, 0.6) is 0 Å². The van der Waals surface area contributed by atoms with Crippen molar-refractivity contribution in [2.45, 2.75) is 35.7 Å². The summed E-state index contributed by atoms with van der Waals surface area (Å²) >= 11 is 0. The van der Waals surface area contributed by atoms with Crippen LogP contribution in [0, 0.1) is 0 Å². The van der Waals surface area contributed by atoms with E-state index in [4.69, 9.17) is 0 Å². The maximum absolute atomic E-state index is 12.4. The highest BCUT2D eigenvalue weighted by molar-refractivity contribution is 7.91. The highest BCUT2D eigenvalue weighted by Gasteiger charge is 2.39. The molecule has 2 unspecified atom stereocenters. The molecule has 0 saturated heterocycles. The summed E-state index contributed by atoms with van der Waals surface area (Å²) in [6.45, 7) is 0.779. The largest absolute Gasteiger partial charge is 0.384 e. The summed E-state index contributed by atoms with van der Waals surface area (Å²) in [5, 5.41) is 18.8. The summed E-state index contributed by atoms with van der Waals surface area (Å²) in [7, 11) is -4.14. The Morgan fingerprint density at radius 1 is 1.28 bits per heavy atom. The number of aliphatic hydroxyl groups excluding tert-OH is 1. The van der Waals surface area contributed by atoms with Gasteiger partial charge in [-0.25, -0.2) is 17.2 Å². The zero-order chi connectivity index (χ0) is 14.0. The summed E-state index contributed by atoms with van der Waals surface area (Å²) < 4.78 is 48.5. The third-order valence-electron chi connectivity index (χ3n) is 2.49. The van der Waals surface area contributed by atoms with Gasteiger partial charge in [0.1, 0.15) is 5.60 Å². The first-order valence-corrected chi connectivity index (χ1v) is 6.70. The van der Waals surface area contributed by atoms with Gasteiger partial charge in [-0.3, -0.25) is 0 Å². The highest BCUT2D eigenvalue weighted by atomic mass is 32.2. The second-order valence-corrected chi connectivity index (χ2v) is 6.28. The molecule has 0 saturated carbocycles. The summed E-state index contributed by atoms with van der Waals surface area (Å²) in [6, 6.07) is 6.97. The monoisotopic (exact) mass is 280 g/mol. The van der Waals surface area contributed by atoms with Crippen LogP contribution in [0.25, 0.3) is 0 Å². The Morgan fingerprint density at radius 3 is 2.22 bits per heavy atom. The van der Waals surface area contributed by atoms with Crippen molar-refractivity contribution < 1.29 is 27.4 Å². The van der Waals surface area contributed by atoms with Crippen LogP contribution in [0.2, 0.25) is 0 Å². The Morgan fingerprint density at radius 2 is 1.78 bits per heavy atom. The average Bonchev–Trinajstić information content (AvgIpc) is 2.29. The molecule has 2 N–H and O–H groups in total. The Hall–Kier alpha value is -1.05. The van der Waals surface area contributed by atoms with Gasteiger partial charge in [0.2, 0.25) is 9.84 Å². The molecule has 4 nitrogen and oxygen atoms in total. The molecule has 0 aliphatic rings. The van der Waals surface area contributed by atoms with E-state index in [0.717, 1.165) is 6.92 Å². The molecule has 0 amide bonds. The van der Waals surface area contributed by atoms with Gasteiger partial charge in [-0.05, 0) is 19.1 Å². The average molecular weight is 280 g/mol. The van der Waals surface area contributed by atoms with E-state index in [1.54, 1.807) is 6.07 Å². The lowest BCUT2D eigenvalue weighted by atomic mass is 10.0. The van der Waals surface area contributed by atoms with Gasteiger partial charge in [0.05, 0.1) is 4.90 Å². The summed E-state index contributed by atoms with van der Waals surface area (Å²) in [5.41, 5.74) is -4.63. The van der Waals surface area contributed by atoms with Crippen molar-refractivity contribution >= 4 is 9.84 Å². The maximum Gasteiger partial charge on any atom is 0.266 e. The second kappa shape index (κ2) is 5.29. The first-order valence-electron chi connectivity index (χ1n) is 5.15. The number of halogens is 2. The molecule has 0 spiro atoms. The Labute approximate surface area is 104 Å². The zero-order valence-electron chi connectivity index (χ0n) is 9.62. The predicted molar refractivity (Wildman–Crippen MR) is 60.9 cm³/mol. The third-order valence-corrected chi connectivity index (χ3v) is 4.30. The molecule has 2 atom stereocenters. The second-order valence-electron chi connectivity index (χ2n) is 4.17. The normalized spacial score (nSPS) is 17.4. The van der Waals surface area contributed by atoms with Crippen molar-refractivity contribution in [1.29, 1.82) is 0 Å². The Bertz CT molecular complexity index is 485. The lowest BCUT2D eigenvalue weighted by molar-refractivity contribution is -0.0978. The van der Waals surface area contributed by atoms with Gasteiger partial charge in [-0.15, -0.1) is 0 Å². The molecular weight excluding hydrogens is 266 g/mol. The lowest BCUT2D eigenvalue weighted by Gasteiger charge is -2.24. The Balaban J connectivity index is 2.95. The molecule has 0 aromatic heterocycles. The van der Waals surface area contributed by atoms with Crippen LogP contribution in [0.1, 0.15) is 13.3 Å². The van der Waals surface area contributed by atoms with E-state index in [0.29, 0.717) is 0 Å². The number of benzene rings is 1. The van der Waals surface area contributed by atoms with E-state index in [1.165, 1.54) is 24.3 Å². The van der Waals surface area contributed by atoms with Crippen LogP contribution in [0.15, 0.2) is 35.2 Å². The quantitative estimate of drug-likeness (QED) is 0.849. The Kier molecular flexibility index (Phi) is 4.41. The van der Waals surface area contributed by atoms with Gasteiger partial charge >= 0.3 is 0 Å². The molecule has 102 valence electrons. The number of alkyl halides is 2. The molecule has 0 aliphatic carbocycles. The van der Waals surface area contributed by atoms with Crippen LogP contribution >= 0.6 is 0 Å². The minimum atomic E-state index is -4.14. The van der Waals surface area contributed by atoms with E-state index in [1.807, 2.05) is 0 Å².